The minimum absolute atomic E-state index is 0.0409. The lowest BCUT2D eigenvalue weighted by Crippen LogP contribution is -2.64. The van der Waals surface area contributed by atoms with Crippen molar-refractivity contribution in [3.63, 3.8) is 0 Å². The maximum absolute atomic E-state index is 14.1. The number of esters is 1. The highest BCUT2D eigenvalue weighted by Crippen LogP contribution is 2.64. The van der Waals surface area contributed by atoms with Crippen LogP contribution in [0.2, 0.25) is 5.02 Å². The molecule has 0 aromatic heterocycles. The lowest BCUT2D eigenvalue weighted by molar-refractivity contribution is -0.168. The number of carbonyl (C=O) groups is 5. The molecule has 0 spiro atoms. The van der Waals surface area contributed by atoms with Crippen molar-refractivity contribution in [2.45, 2.75) is 88.7 Å². The fourth-order valence-corrected chi connectivity index (χ4v) is 7.29. The van der Waals surface area contributed by atoms with Crippen molar-refractivity contribution in [1.82, 2.24) is 10.2 Å². The molecular formula is C35H47ClN4O12. The van der Waals surface area contributed by atoms with E-state index < -0.39 is 89.8 Å². The Morgan fingerprint density at radius 2 is 1.90 bits per heavy atom. The fraction of sp³-hybridized carbons (Fsp3) is 0.571. The molecule has 8 atom stereocenters. The van der Waals surface area contributed by atoms with Gasteiger partial charge in [0, 0.05) is 39.0 Å². The third kappa shape index (κ3) is 8.05. The smallest absolute Gasteiger partial charge is 0.409 e. The number of rotatable bonds is 7. The van der Waals surface area contributed by atoms with E-state index in [9.17, 15) is 34.2 Å². The second-order valence-corrected chi connectivity index (χ2v) is 14.3. The first kappa shape index (κ1) is 40.5. The van der Waals surface area contributed by atoms with Crippen LogP contribution in [0.25, 0.3) is 0 Å². The predicted molar refractivity (Wildman–Crippen MR) is 186 cm³/mol. The summed E-state index contributed by atoms with van der Waals surface area (Å²) in [5.41, 5.74) is 2.89. The van der Waals surface area contributed by atoms with E-state index >= 15 is 0 Å². The summed E-state index contributed by atoms with van der Waals surface area (Å²) in [5.74, 6) is -4.73. The minimum atomic E-state index is -1.95. The van der Waals surface area contributed by atoms with Gasteiger partial charge in [0.25, 0.3) is 0 Å². The lowest BCUT2D eigenvalue weighted by Gasteiger charge is -2.43. The Balaban J connectivity index is 1.81. The average Bonchev–Trinajstić information content (AvgIpc) is 3.66. The first-order chi connectivity index (χ1) is 24.2. The highest BCUT2D eigenvalue weighted by Gasteiger charge is 2.73. The van der Waals surface area contributed by atoms with Crippen LogP contribution < -0.4 is 20.7 Å². The molecule has 4 bridgehead atoms. The number of amides is 3. The number of hydrogen-bond acceptors (Lipinski definition) is 12. The van der Waals surface area contributed by atoms with Crippen LogP contribution in [0.15, 0.2) is 35.9 Å². The summed E-state index contributed by atoms with van der Waals surface area (Å²) in [5, 5.41) is 35.5. The standard InChI is InChI=1S/C35H47ClN4O12/c1-18-9-8-10-24(50-7)35(48)16-23(51-32(46)38-35)19(2)34(47)17-33(34,3)25(52-31(45)30(37)40(5)27(42)15-28(43)44)14-26(41)39(4)21-12-20(11-18)13-22(49-6)29(21)36/h8-10,12-13,19,23-25,30,47-48H,11,14-17,37H2,1-7H3,(H,38,46)(H,43,44)/b10-8+,18-9+/t19-,23+,24-,25+,30-,33+,34-,35+/m1/s1. The monoisotopic (exact) mass is 750 g/mol. The number of halogens is 1. The first-order valence-corrected chi connectivity index (χ1v) is 17.0. The van der Waals surface area contributed by atoms with E-state index in [1.807, 2.05) is 6.92 Å². The van der Waals surface area contributed by atoms with Gasteiger partial charge in [0.2, 0.25) is 11.8 Å². The number of alkyl carbamates (subject to hydrolysis) is 1. The molecule has 2 fully saturated rings. The van der Waals surface area contributed by atoms with Gasteiger partial charge in [0.1, 0.15) is 35.5 Å². The van der Waals surface area contributed by atoms with Crippen LogP contribution in [0, 0.1) is 11.3 Å². The summed E-state index contributed by atoms with van der Waals surface area (Å²) in [6, 6.07) is 3.44. The molecule has 286 valence electrons. The third-order valence-electron chi connectivity index (χ3n) is 10.5. The topological polar surface area (TPSA) is 227 Å². The number of hydrogen-bond donors (Lipinski definition) is 5. The molecule has 17 heteroatoms. The second kappa shape index (κ2) is 15.4. The number of methoxy groups -OCH3 is 2. The van der Waals surface area contributed by atoms with Crippen molar-refractivity contribution in [3.8, 4) is 5.75 Å². The Morgan fingerprint density at radius 1 is 1.23 bits per heavy atom. The maximum Gasteiger partial charge on any atom is 0.409 e. The SMILES string of the molecule is COc1cc2cc(c1Cl)N(C)C(=O)C[C@H](OC(=O)[C@H](N)N(C)C(=O)CC(=O)O)[C@]1(C)C[C@@]1(O)[C@H](C)[C@@H]1C[C@@](O)(NC(=O)O1)[C@H](OC)/C=C/C=C(\C)C2. The Hall–Kier alpha value is -4.22. The van der Waals surface area contributed by atoms with Gasteiger partial charge in [-0.2, -0.15) is 0 Å². The largest absolute Gasteiger partial charge is 0.495 e. The molecule has 2 aliphatic heterocycles. The van der Waals surface area contributed by atoms with E-state index in [4.69, 9.17) is 41.4 Å². The molecule has 1 aliphatic carbocycles. The normalized spacial score (nSPS) is 32.9. The van der Waals surface area contributed by atoms with Crippen molar-refractivity contribution in [1.29, 1.82) is 0 Å². The molecule has 6 N–H and O–H groups in total. The van der Waals surface area contributed by atoms with Gasteiger partial charge >= 0.3 is 18.0 Å². The molecule has 4 rings (SSSR count). The predicted octanol–water partition coefficient (Wildman–Crippen LogP) is 1.87. The zero-order valence-electron chi connectivity index (χ0n) is 30.2. The number of aliphatic carboxylic acids is 1. The first-order valence-electron chi connectivity index (χ1n) is 16.6. The molecule has 2 heterocycles. The fourth-order valence-electron chi connectivity index (χ4n) is 6.98. The van der Waals surface area contributed by atoms with Crippen molar-refractivity contribution in [2.75, 3.05) is 33.2 Å². The highest BCUT2D eigenvalue weighted by molar-refractivity contribution is 6.35. The van der Waals surface area contributed by atoms with Gasteiger partial charge in [-0.25, -0.2) is 9.59 Å². The number of fused-ring (bicyclic) bond motifs is 5. The summed E-state index contributed by atoms with van der Waals surface area (Å²) in [4.78, 5) is 65.8. The molecular weight excluding hydrogens is 704 g/mol. The van der Waals surface area contributed by atoms with Gasteiger partial charge in [0.15, 0.2) is 11.9 Å². The number of aliphatic hydroxyl groups is 2. The van der Waals surface area contributed by atoms with Crippen LogP contribution >= 0.6 is 11.6 Å². The van der Waals surface area contributed by atoms with Crippen LogP contribution in [0.4, 0.5) is 10.5 Å². The molecule has 0 unspecified atom stereocenters. The van der Waals surface area contributed by atoms with Crippen molar-refractivity contribution >= 4 is 47.1 Å². The Bertz CT molecular complexity index is 1670. The van der Waals surface area contributed by atoms with Crippen molar-refractivity contribution in [2.24, 2.45) is 17.1 Å². The zero-order chi connectivity index (χ0) is 38.9. The number of carboxylic acids is 1. The molecule has 3 amide bonds. The highest BCUT2D eigenvalue weighted by atomic mass is 35.5. The van der Waals surface area contributed by atoms with Crippen LogP contribution in [0.5, 0.6) is 5.75 Å². The molecule has 1 aromatic carbocycles. The van der Waals surface area contributed by atoms with Crippen molar-refractivity contribution in [3.05, 3.63) is 46.5 Å². The number of likely N-dealkylation sites (N-methyl/N-ethyl adjacent to an activating group) is 1. The number of anilines is 1. The van der Waals surface area contributed by atoms with Crippen LogP contribution in [0.1, 0.15) is 52.0 Å². The van der Waals surface area contributed by atoms with E-state index in [2.05, 4.69) is 5.32 Å². The Morgan fingerprint density at radius 3 is 2.52 bits per heavy atom. The van der Waals surface area contributed by atoms with Gasteiger partial charge in [-0.3, -0.25) is 19.7 Å². The van der Waals surface area contributed by atoms with Crippen LogP contribution in [-0.2, 0) is 39.8 Å². The Kier molecular flexibility index (Phi) is 12.0. The molecule has 0 radical (unpaired) electrons. The average molecular weight is 751 g/mol. The van der Waals surface area contributed by atoms with Crippen LogP contribution in [0.3, 0.4) is 0 Å². The molecule has 52 heavy (non-hydrogen) atoms. The number of nitrogens with one attached hydrogen (secondary N) is 1. The van der Waals surface area contributed by atoms with Gasteiger partial charge in [-0.15, -0.1) is 0 Å². The van der Waals surface area contributed by atoms with E-state index in [0.29, 0.717) is 22.8 Å². The second-order valence-electron chi connectivity index (χ2n) is 14.0. The summed E-state index contributed by atoms with van der Waals surface area (Å²) in [7, 11) is 5.42. The van der Waals surface area contributed by atoms with Crippen LogP contribution in [-0.4, -0.2) is 114 Å². The number of nitrogens with two attached hydrogens (primary N) is 1. The number of allylic oxidation sites excluding steroid dienone is 3. The summed E-state index contributed by atoms with van der Waals surface area (Å²) >= 11 is 6.69. The number of carboxylic acid groups (broad SMARTS) is 1. The van der Waals surface area contributed by atoms with Gasteiger partial charge in [0.05, 0.1) is 24.8 Å². The number of ether oxygens (including phenoxy) is 4. The zero-order valence-corrected chi connectivity index (χ0v) is 30.9. The van der Waals surface area contributed by atoms with Crippen molar-refractivity contribution < 1.29 is 58.2 Å². The molecule has 1 aromatic rings. The summed E-state index contributed by atoms with van der Waals surface area (Å²) in [6.07, 6.45) is -2.40. The van der Waals surface area contributed by atoms with E-state index in [-0.39, 0.29) is 17.9 Å². The maximum atomic E-state index is 14.1. The number of carbonyl (C=O) groups excluding carboxylic acids is 4. The third-order valence-corrected chi connectivity index (χ3v) is 10.9. The van der Waals surface area contributed by atoms with Gasteiger partial charge in [-0.05, 0) is 37.5 Å². The van der Waals surface area contributed by atoms with E-state index in [0.717, 1.165) is 18.2 Å². The molecule has 3 aliphatic rings. The summed E-state index contributed by atoms with van der Waals surface area (Å²) < 4.78 is 22.5. The van der Waals surface area contributed by atoms with E-state index in [1.54, 1.807) is 44.2 Å². The number of nitrogens with zero attached hydrogens (tertiary/aromatic N) is 2. The van der Waals surface area contributed by atoms with E-state index in [1.165, 1.54) is 26.2 Å². The quantitative estimate of drug-likeness (QED) is 0.153. The minimum Gasteiger partial charge on any atom is -0.495 e. The molecule has 16 nitrogen and oxygen atoms in total. The molecule has 1 saturated heterocycles. The summed E-state index contributed by atoms with van der Waals surface area (Å²) in [6.45, 7) is 5.06. The molecule has 1 saturated carbocycles. The number of benzene rings is 1. The lowest BCUT2D eigenvalue weighted by atomic mass is 9.81. The Labute approximate surface area is 306 Å². The van der Waals surface area contributed by atoms with Gasteiger partial charge in [-0.1, -0.05) is 49.2 Å². The van der Waals surface area contributed by atoms with Gasteiger partial charge < -0.3 is 49.8 Å².